The molecule has 102 valence electrons. The van der Waals surface area contributed by atoms with Gasteiger partial charge in [0.05, 0.1) is 0 Å². The molecule has 2 heterocycles. The van der Waals surface area contributed by atoms with Crippen LogP contribution >= 0.6 is 0 Å². The van der Waals surface area contributed by atoms with Gasteiger partial charge in [-0.3, -0.25) is 4.79 Å². The van der Waals surface area contributed by atoms with Gasteiger partial charge in [0, 0.05) is 36.4 Å². The Kier molecular flexibility index (Phi) is 3.19. The van der Waals surface area contributed by atoms with Gasteiger partial charge in [0.15, 0.2) is 0 Å². The van der Waals surface area contributed by atoms with Gasteiger partial charge in [0.25, 0.3) is 0 Å². The summed E-state index contributed by atoms with van der Waals surface area (Å²) < 4.78 is 0. The van der Waals surface area contributed by atoms with E-state index in [4.69, 9.17) is 5.73 Å². The molecule has 2 bridgehead atoms. The molecular formula is C15H21N3O. The third kappa shape index (κ3) is 2.45. The van der Waals surface area contributed by atoms with E-state index in [0.29, 0.717) is 23.7 Å². The smallest absolute Gasteiger partial charge is 0.248 e. The van der Waals surface area contributed by atoms with Gasteiger partial charge in [-0.2, -0.15) is 0 Å². The van der Waals surface area contributed by atoms with E-state index < -0.39 is 0 Å². The summed E-state index contributed by atoms with van der Waals surface area (Å²) in [6.07, 6.45) is 5.06. The van der Waals surface area contributed by atoms with Gasteiger partial charge in [0.1, 0.15) is 0 Å². The van der Waals surface area contributed by atoms with Crippen molar-refractivity contribution in [1.82, 2.24) is 5.32 Å². The molecule has 2 fully saturated rings. The van der Waals surface area contributed by atoms with Gasteiger partial charge in [-0.25, -0.2) is 0 Å². The molecule has 3 rings (SSSR count). The Labute approximate surface area is 114 Å². The monoisotopic (exact) mass is 259 g/mol. The van der Waals surface area contributed by atoms with Gasteiger partial charge in [-0.15, -0.1) is 0 Å². The fourth-order valence-corrected chi connectivity index (χ4v) is 3.42. The Morgan fingerprint density at radius 3 is 2.32 bits per heavy atom. The molecule has 2 unspecified atom stereocenters. The normalized spacial score (nSPS) is 29.2. The fraction of sp³-hybridized carbons (Fsp3) is 0.533. The first-order valence-electron chi connectivity index (χ1n) is 7.02. The van der Waals surface area contributed by atoms with Crippen LogP contribution in [-0.2, 0) is 0 Å². The van der Waals surface area contributed by atoms with E-state index in [2.05, 4.69) is 17.3 Å². The molecule has 0 aliphatic carbocycles. The summed E-state index contributed by atoms with van der Waals surface area (Å²) in [5.74, 6) is -0.367. The molecule has 0 radical (unpaired) electrons. The SMILES string of the molecule is CN(c1ccc(C(N)=O)cc1)C1CC2CCC(C1)N2. The number of benzene rings is 1. The van der Waals surface area contributed by atoms with Crippen molar-refractivity contribution in [3.63, 3.8) is 0 Å². The number of nitrogens with two attached hydrogens (primary N) is 1. The zero-order valence-corrected chi connectivity index (χ0v) is 11.3. The van der Waals surface area contributed by atoms with Crippen LogP contribution in [0, 0.1) is 0 Å². The number of amides is 1. The Bertz CT molecular complexity index is 459. The minimum absolute atomic E-state index is 0.367. The average Bonchev–Trinajstić information content (AvgIpc) is 2.76. The quantitative estimate of drug-likeness (QED) is 0.865. The number of primary amides is 1. The summed E-state index contributed by atoms with van der Waals surface area (Å²) in [5, 5.41) is 3.66. The maximum atomic E-state index is 11.1. The Morgan fingerprint density at radius 2 is 1.79 bits per heavy atom. The van der Waals surface area contributed by atoms with Gasteiger partial charge in [-0.05, 0) is 49.9 Å². The molecule has 2 aliphatic rings. The van der Waals surface area contributed by atoms with Crippen LogP contribution in [0.5, 0.6) is 0 Å². The molecule has 1 amide bonds. The first kappa shape index (κ1) is 12.5. The van der Waals surface area contributed by atoms with E-state index in [0.717, 1.165) is 5.69 Å². The lowest BCUT2D eigenvalue weighted by Gasteiger charge is -2.37. The van der Waals surface area contributed by atoms with Crippen LogP contribution in [0.25, 0.3) is 0 Å². The first-order chi connectivity index (χ1) is 9.13. The Hall–Kier alpha value is -1.55. The van der Waals surface area contributed by atoms with Crippen molar-refractivity contribution in [2.24, 2.45) is 5.73 Å². The van der Waals surface area contributed by atoms with Crippen molar-refractivity contribution in [2.45, 2.75) is 43.8 Å². The molecular weight excluding hydrogens is 238 g/mol. The van der Waals surface area contributed by atoms with Crippen molar-refractivity contribution < 1.29 is 4.79 Å². The first-order valence-corrected chi connectivity index (χ1v) is 7.02. The molecule has 0 spiro atoms. The summed E-state index contributed by atoms with van der Waals surface area (Å²) in [4.78, 5) is 13.4. The highest BCUT2D eigenvalue weighted by atomic mass is 16.1. The van der Waals surface area contributed by atoms with Crippen LogP contribution in [0.4, 0.5) is 5.69 Å². The number of piperidine rings is 1. The molecule has 4 heteroatoms. The van der Waals surface area contributed by atoms with Crippen molar-refractivity contribution >= 4 is 11.6 Å². The molecule has 2 saturated heterocycles. The number of carbonyl (C=O) groups excluding carboxylic acids is 1. The topological polar surface area (TPSA) is 58.4 Å². The van der Waals surface area contributed by atoms with E-state index in [1.807, 2.05) is 24.3 Å². The van der Waals surface area contributed by atoms with Crippen molar-refractivity contribution in [3.05, 3.63) is 29.8 Å². The molecule has 0 aromatic heterocycles. The van der Waals surface area contributed by atoms with Crippen LogP contribution in [0.1, 0.15) is 36.0 Å². The second-order valence-corrected chi connectivity index (χ2v) is 5.79. The molecule has 1 aromatic carbocycles. The molecule has 2 aliphatic heterocycles. The van der Waals surface area contributed by atoms with Gasteiger partial charge >= 0.3 is 0 Å². The molecule has 2 atom stereocenters. The molecule has 1 aromatic rings. The number of hydrogen-bond acceptors (Lipinski definition) is 3. The summed E-state index contributed by atoms with van der Waals surface area (Å²) in [7, 11) is 2.15. The van der Waals surface area contributed by atoms with Gasteiger partial charge in [0.2, 0.25) is 5.91 Å². The zero-order valence-electron chi connectivity index (χ0n) is 11.3. The minimum Gasteiger partial charge on any atom is -0.371 e. The Balaban J connectivity index is 1.72. The Morgan fingerprint density at radius 1 is 1.21 bits per heavy atom. The molecule has 19 heavy (non-hydrogen) atoms. The van der Waals surface area contributed by atoms with E-state index in [-0.39, 0.29) is 5.91 Å². The highest BCUT2D eigenvalue weighted by molar-refractivity contribution is 5.93. The minimum atomic E-state index is -0.367. The average molecular weight is 259 g/mol. The maximum absolute atomic E-state index is 11.1. The number of rotatable bonds is 3. The number of carbonyl (C=O) groups is 1. The number of nitrogens with zero attached hydrogens (tertiary/aromatic N) is 1. The molecule has 0 saturated carbocycles. The highest BCUT2D eigenvalue weighted by Gasteiger charge is 2.35. The summed E-state index contributed by atoms with van der Waals surface area (Å²) in [5.41, 5.74) is 7.00. The third-order valence-corrected chi connectivity index (χ3v) is 4.55. The predicted octanol–water partition coefficient (Wildman–Crippen LogP) is 1.50. The summed E-state index contributed by atoms with van der Waals surface area (Å²) in [6.45, 7) is 0. The number of nitrogens with one attached hydrogen (secondary N) is 1. The van der Waals surface area contributed by atoms with Crippen LogP contribution < -0.4 is 16.0 Å². The molecule has 4 nitrogen and oxygen atoms in total. The lowest BCUT2D eigenvalue weighted by atomic mass is 9.98. The van der Waals surface area contributed by atoms with E-state index in [1.165, 1.54) is 25.7 Å². The van der Waals surface area contributed by atoms with Gasteiger partial charge in [-0.1, -0.05) is 0 Å². The van der Waals surface area contributed by atoms with E-state index in [1.54, 1.807) is 0 Å². The van der Waals surface area contributed by atoms with E-state index in [9.17, 15) is 4.79 Å². The van der Waals surface area contributed by atoms with Crippen molar-refractivity contribution in [3.8, 4) is 0 Å². The van der Waals surface area contributed by atoms with Crippen LogP contribution in [-0.4, -0.2) is 31.1 Å². The van der Waals surface area contributed by atoms with Gasteiger partial charge < -0.3 is 16.0 Å². The zero-order chi connectivity index (χ0) is 13.4. The third-order valence-electron chi connectivity index (χ3n) is 4.55. The number of fused-ring (bicyclic) bond motifs is 2. The second kappa shape index (κ2) is 4.85. The van der Waals surface area contributed by atoms with Crippen molar-refractivity contribution in [2.75, 3.05) is 11.9 Å². The highest BCUT2D eigenvalue weighted by Crippen LogP contribution is 2.31. The largest absolute Gasteiger partial charge is 0.371 e. The standard InChI is InChI=1S/C15H21N3O/c1-18(13-6-2-10(3-7-13)15(16)19)14-8-11-4-5-12(9-14)17-11/h2-3,6-7,11-12,14,17H,4-5,8-9H2,1H3,(H2,16,19). The summed E-state index contributed by atoms with van der Waals surface area (Å²) in [6, 6.07) is 9.58. The maximum Gasteiger partial charge on any atom is 0.248 e. The summed E-state index contributed by atoms with van der Waals surface area (Å²) >= 11 is 0. The number of anilines is 1. The van der Waals surface area contributed by atoms with E-state index >= 15 is 0 Å². The molecule has 3 N–H and O–H groups in total. The van der Waals surface area contributed by atoms with Crippen LogP contribution in [0.2, 0.25) is 0 Å². The fourth-order valence-electron chi connectivity index (χ4n) is 3.42. The van der Waals surface area contributed by atoms with Crippen LogP contribution in [0.3, 0.4) is 0 Å². The second-order valence-electron chi connectivity index (χ2n) is 5.79. The lowest BCUT2D eigenvalue weighted by Crippen LogP contribution is -2.47. The number of hydrogen-bond donors (Lipinski definition) is 2. The predicted molar refractivity (Wildman–Crippen MR) is 76.3 cm³/mol. The van der Waals surface area contributed by atoms with Crippen molar-refractivity contribution in [1.29, 1.82) is 0 Å². The lowest BCUT2D eigenvalue weighted by molar-refractivity contribution is 0.100. The van der Waals surface area contributed by atoms with Crippen LogP contribution in [0.15, 0.2) is 24.3 Å².